The van der Waals surface area contributed by atoms with Crippen molar-refractivity contribution >= 4 is 21.8 Å². The molecule has 2 heterocycles. The van der Waals surface area contributed by atoms with E-state index >= 15 is 0 Å². The molecule has 0 saturated carbocycles. The van der Waals surface area contributed by atoms with Crippen LogP contribution in [0, 0.1) is 11.6 Å². The quantitative estimate of drug-likeness (QED) is 0.755. The van der Waals surface area contributed by atoms with Gasteiger partial charge in [0.2, 0.25) is 10.0 Å². The zero-order chi connectivity index (χ0) is 18.7. The van der Waals surface area contributed by atoms with Gasteiger partial charge in [0.25, 0.3) is 0 Å². The van der Waals surface area contributed by atoms with Crippen molar-refractivity contribution in [1.82, 2.24) is 9.29 Å². The number of nitrogens with zero attached hydrogens (tertiary/aromatic N) is 2. The predicted molar refractivity (Wildman–Crippen MR) is 94.3 cm³/mol. The molecule has 0 aliphatic carbocycles. The molecule has 0 spiro atoms. The van der Waals surface area contributed by atoms with Crippen molar-refractivity contribution in [2.45, 2.75) is 28.9 Å². The topological polar surface area (TPSA) is 70.5 Å². The Morgan fingerprint density at radius 2 is 1.81 bits per heavy atom. The van der Waals surface area contributed by atoms with E-state index in [9.17, 15) is 22.3 Å². The molecule has 1 aliphatic heterocycles. The first kappa shape index (κ1) is 19.2. The minimum absolute atomic E-state index is 0.0108. The van der Waals surface area contributed by atoms with E-state index in [1.54, 1.807) is 0 Å². The summed E-state index contributed by atoms with van der Waals surface area (Å²) in [6, 6.07) is 6.39. The number of pyridine rings is 1. The smallest absolute Gasteiger partial charge is 0.244 e. The van der Waals surface area contributed by atoms with Crippen LogP contribution in [-0.4, -0.2) is 41.7 Å². The first-order chi connectivity index (χ1) is 12.4. The van der Waals surface area contributed by atoms with Gasteiger partial charge in [-0.2, -0.15) is 4.31 Å². The van der Waals surface area contributed by atoms with Crippen LogP contribution in [0.15, 0.2) is 46.5 Å². The number of halogens is 2. The second-order valence-corrected chi connectivity index (χ2v) is 8.88. The van der Waals surface area contributed by atoms with Crippen molar-refractivity contribution in [1.29, 1.82) is 0 Å². The lowest BCUT2D eigenvalue weighted by atomic mass is 10.1. The summed E-state index contributed by atoms with van der Waals surface area (Å²) < 4.78 is 53.6. The highest BCUT2D eigenvalue weighted by Gasteiger charge is 2.27. The zero-order valence-electron chi connectivity index (χ0n) is 13.8. The Hall–Kier alpha value is -1.55. The fourth-order valence-electron chi connectivity index (χ4n) is 2.76. The first-order valence-corrected chi connectivity index (χ1v) is 10.5. The molecule has 2 aromatic rings. The van der Waals surface area contributed by atoms with E-state index < -0.39 is 27.8 Å². The van der Waals surface area contributed by atoms with Crippen LogP contribution in [0.4, 0.5) is 8.78 Å². The highest BCUT2D eigenvalue weighted by Crippen LogP contribution is 2.28. The van der Waals surface area contributed by atoms with Crippen LogP contribution in [-0.2, 0) is 10.0 Å². The monoisotopic (exact) mass is 400 g/mol. The molecule has 5 nitrogen and oxygen atoms in total. The van der Waals surface area contributed by atoms with Gasteiger partial charge in [-0.1, -0.05) is 6.07 Å². The van der Waals surface area contributed by atoms with Gasteiger partial charge in [-0.3, -0.25) is 0 Å². The van der Waals surface area contributed by atoms with Gasteiger partial charge in [0, 0.05) is 25.0 Å². The first-order valence-electron chi connectivity index (χ1n) is 8.10. The molecule has 1 N–H and O–H groups in total. The summed E-state index contributed by atoms with van der Waals surface area (Å²) in [5.41, 5.74) is -0.381. The largest absolute Gasteiger partial charge is 0.387 e. The van der Waals surface area contributed by atoms with Crippen LogP contribution >= 0.6 is 11.8 Å². The minimum Gasteiger partial charge on any atom is -0.387 e. The highest BCUT2D eigenvalue weighted by atomic mass is 32.2. The van der Waals surface area contributed by atoms with Gasteiger partial charge in [0.15, 0.2) is 0 Å². The summed E-state index contributed by atoms with van der Waals surface area (Å²) in [5, 5.41) is 10.5. The van der Waals surface area contributed by atoms with E-state index in [4.69, 9.17) is 0 Å². The predicted octanol–water partition coefficient (Wildman–Crippen LogP) is 2.97. The molecule has 1 atom stereocenters. The zero-order valence-corrected chi connectivity index (χ0v) is 15.4. The van der Waals surface area contributed by atoms with Crippen LogP contribution in [0.5, 0.6) is 0 Å². The number of aromatic nitrogens is 1. The second-order valence-electron chi connectivity index (χ2n) is 5.91. The Labute approximate surface area is 155 Å². The van der Waals surface area contributed by atoms with E-state index in [0.29, 0.717) is 18.1 Å². The summed E-state index contributed by atoms with van der Waals surface area (Å²) in [6.45, 7) is 1.03. The van der Waals surface area contributed by atoms with Crippen molar-refractivity contribution in [3.63, 3.8) is 0 Å². The molecule has 1 aromatic carbocycles. The van der Waals surface area contributed by atoms with Gasteiger partial charge in [0.05, 0.1) is 16.7 Å². The SMILES string of the molecule is O=S(=O)(c1ccc(SCC(O)c2c(F)cccc2F)nc1)N1CCCC1. The number of aliphatic hydroxyl groups excluding tert-OH is 1. The van der Waals surface area contributed by atoms with E-state index in [0.717, 1.165) is 36.7 Å². The molecule has 1 fully saturated rings. The van der Waals surface area contributed by atoms with Gasteiger partial charge >= 0.3 is 0 Å². The summed E-state index contributed by atoms with van der Waals surface area (Å²) in [7, 11) is -3.53. The summed E-state index contributed by atoms with van der Waals surface area (Å²) in [4.78, 5) is 4.20. The molecule has 26 heavy (non-hydrogen) atoms. The lowest BCUT2D eigenvalue weighted by Crippen LogP contribution is -2.27. The molecule has 1 aromatic heterocycles. The maximum atomic E-state index is 13.7. The third kappa shape index (κ3) is 4.06. The van der Waals surface area contributed by atoms with Gasteiger partial charge in [0.1, 0.15) is 16.5 Å². The fourth-order valence-corrected chi connectivity index (χ4v) is 5.01. The minimum atomic E-state index is -3.53. The van der Waals surface area contributed by atoms with Crippen molar-refractivity contribution in [2.75, 3.05) is 18.8 Å². The Morgan fingerprint density at radius 3 is 2.38 bits per heavy atom. The van der Waals surface area contributed by atoms with E-state index in [1.807, 2.05) is 0 Å². The fraction of sp³-hybridized carbons (Fsp3) is 0.353. The standard InChI is InChI=1S/C17H18F2N2O3S2/c18-13-4-3-5-14(19)17(13)15(22)11-25-16-7-6-12(10-20-16)26(23,24)21-8-1-2-9-21/h3-7,10,15,22H,1-2,8-9,11H2. The normalized spacial score (nSPS) is 16.7. The average molecular weight is 400 g/mol. The van der Waals surface area contributed by atoms with E-state index in [1.165, 1.54) is 28.7 Å². The molecule has 0 amide bonds. The second kappa shape index (κ2) is 7.99. The average Bonchev–Trinajstić information content (AvgIpc) is 3.16. The summed E-state index contributed by atoms with van der Waals surface area (Å²) >= 11 is 1.09. The summed E-state index contributed by atoms with van der Waals surface area (Å²) in [5.74, 6) is -1.63. The number of benzene rings is 1. The lowest BCUT2D eigenvalue weighted by Gasteiger charge is -2.15. The molecule has 0 bridgehead atoms. The number of hydrogen-bond acceptors (Lipinski definition) is 5. The van der Waals surface area contributed by atoms with Gasteiger partial charge in [-0.05, 0) is 37.1 Å². The molecule has 3 rings (SSSR count). The molecule has 0 radical (unpaired) electrons. The number of aliphatic hydroxyl groups is 1. The molecular formula is C17H18F2N2O3S2. The van der Waals surface area contributed by atoms with Gasteiger partial charge in [-0.15, -0.1) is 11.8 Å². The van der Waals surface area contributed by atoms with E-state index in [-0.39, 0.29) is 16.2 Å². The number of thioether (sulfide) groups is 1. The summed E-state index contributed by atoms with van der Waals surface area (Å²) in [6.07, 6.45) is 1.64. The number of hydrogen-bond donors (Lipinski definition) is 1. The number of sulfonamides is 1. The Morgan fingerprint density at radius 1 is 1.15 bits per heavy atom. The molecule has 1 unspecified atom stereocenters. The van der Waals surface area contributed by atoms with Crippen LogP contribution in [0.2, 0.25) is 0 Å². The van der Waals surface area contributed by atoms with Crippen LogP contribution in [0.25, 0.3) is 0 Å². The Balaban J connectivity index is 1.66. The maximum Gasteiger partial charge on any atom is 0.244 e. The highest BCUT2D eigenvalue weighted by molar-refractivity contribution is 7.99. The molecule has 1 aliphatic rings. The molecular weight excluding hydrogens is 382 g/mol. The van der Waals surface area contributed by atoms with Crippen molar-refractivity contribution in [3.05, 3.63) is 53.7 Å². The van der Waals surface area contributed by atoms with Crippen molar-refractivity contribution < 1.29 is 22.3 Å². The van der Waals surface area contributed by atoms with Crippen LogP contribution in [0.3, 0.4) is 0 Å². The van der Waals surface area contributed by atoms with Crippen molar-refractivity contribution in [2.24, 2.45) is 0 Å². The lowest BCUT2D eigenvalue weighted by molar-refractivity contribution is 0.193. The van der Waals surface area contributed by atoms with Gasteiger partial charge < -0.3 is 5.11 Å². The third-order valence-corrected chi connectivity index (χ3v) is 7.04. The van der Waals surface area contributed by atoms with Crippen LogP contribution < -0.4 is 0 Å². The maximum absolute atomic E-state index is 13.7. The Bertz CT molecular complexity index is 850. The van der Waals surface area contributed by atoms with Crippen LogP contribution in [0.1, 0.15) is 24.5 Å². The van der Waals surface area contributed by atoms with Crippen molar-refractivity contribution in [3.8, 4) is 0 Å². The molecule has 1 saturated heterocycles. The third-order valence-electron chi connectivity index (χ3n) is 4.13. The van der Waals surface area contributed by atoms with E-state index in [2.05, 4.69) is 4.98 Å². The molecule has 140 valence electrons. The number of rotatable bonds is 6. The molecule has 9 heteroatoms. The Kier molecular flexibility index (Phi) is 5.91. The van der Waals surface area contributed by atoms with Gasteiger partial charge in [-0.25, -0.2) is 22.2 Å².